The lowest BCUT2D eigenvalue weighted by Gasteiger charge is -2.29. The van der Waals surface area contributed by atoms with E-state index in [0.717, 1.165) is 11.7 Å². The number of piperazine rings is 1. The number of esters is 1. The zero-order valence-electron chi connectivity index (χ0n) is 15.2. The van der Waals surface area contributed by atoms with Crippen LogP contribution in [-0.2, 0) is 4.74 Å². The molecule has 1 N–H and O–H groups in total. The topological polar surface area (TPSA) is 107 Å². The third-order valence-electron chi connectivity index (χ3n) is 5.20. The molecule has 1 aliphatic carbocycles. The summed E-state index contributed by atoms with van der Waals surface area (Å²) >= 11 is 0. The van der Waals surface area contributed by atoms with Crippen LogP contribution >= 0.6 is 0 Å². The van der Waals surface area contributed by atoms with E-state index in [1.165, 1.54) is 12.1 Å². The molecule has 9 nitrogen and oxygen atoms in total. The standard InChI is InChI=1S/C18H19FN4O5/c1-28-18(25)13-16(24)11-4-5-12(21-8-6-20-7-9-21)15(23(26)27)14(11)22(17(13)19)10-2-3-10/h4-5,10,20H,2-3,6-9H2,1H3. The Kier molecular flexibility index (Phi) is 4.50. The summed E-state index contributed by atoms with van der Waals surface area (Å²) < 4.78 is 20.9. The van der Waals surface area contributed by atoms with Crippen LogP contribution in [0.1, 0.15) is 29.2 Å². The molecule has 0 unspecified atom stereocenters. The summed E-state index contributed by atoms with van der Waals surface area (Å²) in [7, 11) is 1.06. The van der Waals surface area contributed by atoms with Gasteiger partial charge in [0.25, 0.3) is 0 Å². The monoisotopic (exact) mass is 390 g/mol. The number of nitrogens with one attached hydrogen (secondary N) is 1. The minimum atomic E-state index is -1.09. The highest BCUT2D eigenvalue weighted by atomic mass is 19.1. The van der Waals surface area contributed by atoms with Gasteiger partial charge in [0.2, 0.25) is 11.4 Å². The number of hydrogen-bond acceptors (Lipinski definition) is 7. The molecular weight excluding hydrogens is 371 g/mol. The molecule has 28 heavy (non-hydrogen) atoms. The summed E-state index contributed by atoms with van der Waals surface area (Å²) in [4.78, 5) is 38.1. The van der Waals surface area contributed by atoms with Crippen LogP contribution in [0.15, 0.2) is 16.9 Å². The normalized spacial score (nSPS) is 17.0. The molecule has 0 radical (unpaired) electrons. The van der Waals surface area contributed by atoms with E-state index in [0.29, 0.717) is 44.7 Å². The number of nitro groups is 1. The molecule has 1 aromatic heterocycles. The fourth-order valence-electron chi connectivity index (χ4n) is 3.74. The SMILES string of the molecule is COC(=O)c1c(F)n(C2CC2)c2c([N+](=O)[O-])c(N3CCNCC3)ccc2c1=O. The number of carbonyl (C=O) groups excluding carboxylic acids is 1. The van der Waals surface area contributed by atoms with Crippen molar-refractivity contribution in [2.45, 2.75) is 18.9 Å². The first-order valence-electron chi connectivity index (χ1n) is 9.04. The first-order chi connectivity index (χ1) is 13.5. The van der Waals surface area contributed by atoms with E-state index in [2.05, 4.69) is 10.1 Å². The van der Waals surface area contributed by atoms with E-state index in [-0.39, 0.29) is 22.6 Å². The minimum Gasteiger partial charge on any atom is -0.465 e. The maximum absolute atomic E-state index is 15.2. The summed E-state index contributed by atoms with van der Waals surface area (Å²) in [5, 5.41) is 15.1. The third kappa shape index (κ3) is 2.80. The second kappa shape index (κ2) is 6.86. The Hall–Kier alpha value is -3.01. The number of methoxy groups -OCH3 is 1. The largest absolute Gasteiger partial charge is 0.465 e. The molecule has 148 valence electrons. The maximum Gasteiger partial charge on any atom is 0.346 e. The second-order valence-electron chi connectivity index (χ2n) is 6.91. The van der Waals surface area contributed by atoms with Crippen LogP contribution in [0.5, 0.6) is 0 Å². The second-order valence-corrected chi connectivity index (χ2v) is 6.91. The molecule has 2 fully saturated rings. The van der Waals surface area contributed by atoms with Crippen LogP contribution in [0.2, 0.25) is 0 Å². The van der Waals surface area contributed by atoms with Crippen LogP contribution in [0, 0.1) is 16.1 Å². The van der Waals surface area contributed by atoms with Crippen molar-refractivity contribution in [2.24, 2.45) is 0 Å². The Bertz CT molecular complexity index is 1040. The lowest BCUT2D eigenvalue weighted by molar-refractivity contribution is -0.382. The molecule has 2 aromatic rings. The first kappa shape index (κ1) is 18.4. The Morgan fingerprint density at radius 3 is 2.57 bits per heavy atom. The molecule has 0 bridgehead atoms. The Labute approximate surface area is 158 Å². The summed E-state index contributed by atoms with van der Waals surface area (Å²) in [6.45, 7) is 2.45. The predicted octanol–water partition coefficient (Wildman–Crippen LogP) is 1.58. The molecular formula is C18H19FN4O5. The molecule has 2 heterocycles. The summed E-state index contributed by atoms with van der Waals surface area (Å²) in [5.74, 6) is -2.17. The number of aromatic nitrogens is 1. The van der Waals surface area contributed by atoms with Crippen molar-refractivity contribution < 1.29 is 18.8 Å². The average molecular weight is 390 g/mol. The van der Waals surface area contributed by atoms with Crippen molar-refractivity contribution in [3.05, 3.63) is 44.0 Å². The fourth-order valence-corrected chi connectivity index (χ4v) is 3.74. The number of rotatable bonds is 4. The third-order valence-corrected chi connectivity index (χ3v) is 5.20. The first-order valence-corrected chi connectivity index (χ1v) is 9.04. The van der Waals surface area contributed by atoms with E-state index in [1.54, 1.807) is 0 Å². The average Bonchev–Trinajstić information content (AvgIpc) is 3.52. The van der Waals surface area contributed by atoms with Gasteiger partial charge in [-0.15, -0.1) is 0 Å². The number of benzene rings is 1. The van der Waals surface area contributed by atoms with Crippen LogP contribution in [0.3, 0.4) is 0 Å². The van der Waals surface area contributed by atoms with Gasteiger partial charge in [-0.25, -0.2) is 4.79 Å². The molecule has 10 heteroatoms. The summed E-state index contributed by atoms with van der Waals surface area (Å²) in [5.41, 5.74) is -1.65. The minimum absolute atomic E-state index is 0.0562. The molecule has 0 amide bonds. The zero-order valence-corrected chi connectivity index (χ0v) is 15.2. The molecule has 0 atom stereocenters. The maximum atomic E-state index is 15.2. The van der Waals surface area contributed by atoms with Gasteiger partial charge in [0.15, 0.2) is 5.56 Å². The Morgan fingerprint density at radius 1 is 1.32 bits per heavy atom. The summed E-state index contributed by atoms with van der Waals surface area (Å²) in [6, 6.07) is 2.61. The zero-order chi connectivity index (χ0) is 20.0. The van der Waals surface area contributed by atoms with Gasteiger partial charge in [0.05, 0.1) is 17.4 Å². The number of ether oxygens (including phenoxy) is 1. The van der Waals surface area contributed by atoms with Crippen molar-refractivity contribution in [3.63, 3.8) is 0 Å². The molecule has 0 spiro atoms. The van der Waals surface area contributed by atoms with E-state index in [9.17, 15) is 19.7 Å². The van der Waals surface area contributed by atoms with E-state index < -0.39 is 27.8 Å². The van der Waals surface area contributed by atoms with Crippen molar-refractivity contribution in [3.8, 4) is 0 Å². The molecule has 1 saturated carbocycles. The molecule has 1 aromatic carbocycles. The number of anilines is 1. The highest BCUT2D eigenvalue weighted by Crippen LogP contribution is 2.43. The van der Waals surface area contributed by atoms with Gasteiger partial charge in [-0.1, -0.05) is 0 Å². The number of nitrogens with zero attached hydrogens (tertiary/aromatic N) is 3. The van der Waals surface area contributed by atoms with E-state index >= 15 is 4.39 Å². The van der Waals surface area contributed by atoms with Crippen molar-refractivity contribution in [1.82, 2.24) is 9.88 Å². The van der Waals surface area contributed by atoms with Crippen LogP contribution in [0.4, 0.5) is 15.8 Å². The number of nitro benzene ring substituents is 1. The van der Waals surface area contributed by atoms with Gasteiger partial charge in [0.1, 0.15) is 11.2 Å². The van der Waals surface area contributed by atoms with Gasteiger partial charge in [-0.3, -0.25) is 14.9 Å². The molecule has 1 saturated heterocycles. The van der Waals surface area contributed by atoms with E-state index in [1.807, 2.05) is 4.90 Å². The van der Waals surface area contributed by atoms with Gasteiger partial charge in [-0.2, -0.15) is 4.39 Å². The Morgan fingerprint density at radius 2 is 2.00 bits per heavy atom. The van der Waals surface area contributed by atoms with Crippen LogP contribution in [0.25, 0.3) is 10.9 Å². The highest BCUT2D eigenvalue weighted by Gasteiger charge is 2.36. The van der Waals surface area contributed by atoms with Crippen LogP contribution in [-0.4, -0.2) is 48.7 Å². The number of pyridine rings is 1. The number of fused-ring (bicyclic) bond motifs is 1. The van der Waals surface area contributed by atoms with Crippen molar-refractivity contribution >= 4 is 28.2 Å². The number of halogens is 1. The van der Waals surface area contributed by atoms with Crippen molar-refractivity contribution in [2.75, 3.05) is 38.2 Å². The number of hydrogen-bond donors (Lipinski definition) is 1. The van der Waals surface area contributed by atoms with Gasteiger partial charge in [0, 0.05) is 32.2 Å². The van der Waals surface area contributed by atoms with Crippen molar-refractivity contribution in [1.29, 1.82) is 0 Å². The lowest BCUT2D eigenvalue weighted by Crippen LogP contribution is -2.43. The highest BCUT2D eigenvalue weighted by molar-refractivity contribution is 5.99. The smallest absolute Gasteiger partial charge is 0.346 e. The quantitative estimate of drug-likeness (QED) is 0.366. The van der Waals surface area contributed by atoms with Gasteiger partial charge in [-0.05, 0) is 25.0 Å². The van der Waals surface area contributed by atoms with Gasteiger partial charge < -0.3 is 19.5 Å². The number of carbonyl (C=O) groups is 1. The lowest BCUT2D eigenvalue weighted by atomic mass is 10.1. The van der Waals surface area contributed by atoms with Gasteiger partial charge >= 0.3 is 11.7 Å². The summed E-state index contributed by atoms with van der Waals surface area (Å²) in [6.07, 6.45) is 1.23. The molecule has 2 aliphatic rings. The van der Waals surface area contributed by atoms with E-state index in [4.69, 9.17) is 0 Å². The molecule has 4 rings (SSSR count). The Balaban J connectivity index is 2.09. The fraction of sp³-hybridized carbons (Fsp3) is 0.444. The predicted molar refractivity (Wildman–Crippen MR) is 99.5 cm³/mol. The van der Waals surface area contributed by atoms with Crippen LogP contribution < -0.4 is 15.6 Å². The molecule has 1 aliphatic heterocycles.